The Kier molecular flexibility index (Phi) is 9.14. The first-order valence-corrected chi connectivity index (χ1v) is 10.1. The number of nitrogens with zero attached hydrogens (tertiary/aromatic N) is 3. The van der Waals surface area contributed by atoms with Gasteiger partial charge in [0.2, 0.25) is 5.91 Å². The number of guanidine groups is 1. The molecule has 1 aliphatic heterocycles. The van der Waals surface area contributed by atoms with Crippen molar-refractivity contribution in [2.24, 2.45) is 10.9 Å². The van der Waals surface area contributed by atoms with Crippen molar-refractivity contribution >= 4 is 35.8 Å². The summed E-state index contributed by atoms with van der Waals surface area (Å²) in [5.74, 6) is 0.697. The van der Waals surface area contributed by atoms with E-state index in [2.05, 4.69) is 15.6 Å². The molecule has 2 aliphatic rings. The maximum absolute atomic E-state index is 14.1. The van der Waals surface area contributed by atoms with Gasteiger partial charge in [-0.15, -0.1) is 24.0 Å². The van der Waals surface area contributed by atoms with Crippen molar-refractivity contribution in [1.29, 1.82) is 5.26 Å². The summed E-state index contributed by atoms with van der Waals surface area (Å²) < 4.78 is 14.1. The Hall–Kier alpha value is -1.89. The molecule has 1 unspecified atom stereocenters. The van der Waals surface area contributed by atoms with Gasteiger partial charge in [0.05, 0.1) is 18.2 Å². The van der Waals surface area contributed by atoms with E-state index in [1.54, 1.807) is 12.1 Å². The molecule has 6 nitrogen and oxygen atoms in total. The molecule has 0 spiro atoms. The first-order chi connectivity index (χ1) is 13.6. The summed E-state index contributed by atoms with van der Waals surface area (Å²) in [6, 6.07) is 6.50. The van der Waals surface area contributed by atoms with Crippen LogP contribution < -0.4 is 10.6 Å². The summed E-state index contributed by atoms with van der Waals surface area (Å²) in [5.41, 5.74) is 0.744. The van der Waals surface area contributed by atoms with E-state index in [1.165, 1.54) is 6.07 Å². The molecule has 1 aromatic rings. The van der Waals surface area contributed by atoms with E-state index in [1.807, 2.05) is 17.9 Å². The van der Waals surface area contributed by atoms with Crippen molar-refractivity contribution < 1.29 is 9.18 Å². The molecule has 158 valence electrons. The van der Waals surface area contributed by atoms with E-state index in [0.29, 0.717) is 36.1 Å². The van der Waals surface area contributed by atoms with Crippen molar-refractivity contribution in [2.75, 3.05) is 19.6 Å². The lowest BCUT2D eigenvalue weighted by atomic mass is 10.1. The Morgan fingerprint density at radius 2 is 2.10 bits per heavy atom. The minimum Gasteiger partial charge on any atom is -0.357 e. The van der Waals surface area contributed by atoms with Crippen LogP contribution in [-0.4, -0.2) is 42.4 Å². The van der Waals surface area contributed by atoms with Crippen LogP contribution in [0.4, 0.5) is 4.39 Å². The number of hydrogen-bond acceptors (Lipinski definition) is 3. The third kappa shape index (κ3) is 6.29. The fraction of sp³-hybridized carbons (Fsp3) is 0.571. The molecule has 0 radical (unpaired) electrons. The number of nitriles is 1. The average molecular weight is 513 g/mol. The van der Waals surface area contributed by atoms with Crippen molar-refractivity contribution in [3.63, 3.8) is 0 Å². The van der Waals surface area contributed by atoms with Gasteiger partial charge in [-0.2, -0.15) is 5.26 Å². The van der Waals surface area contributed by atoms with Crippen molar-refractivity contribution in [3.8, 4) is 6.07 Å². The minimum atomic E-state index is -0.423. The highest BCUT2D eigenvalue weighted by Crippen LogP contribution is 2.27. The van der Waals surface area contributed by atoms with E-state index in [4.69, 9.17) is 5.26 Å². The predicted octanol–water partition coefficient (Wildman–Crippen LogP) is 3.16. The molecule has 1 saturated heterocycles. The Labute approximate surface area is 189 Å². The standard InChI is InChI=1S/C21H28FN5O.HI/c1-2-24-21(25-13-17-8-7-15(12-23)11-19(17)22)26-18-9-10-27(14-18)20(28)16-5-3-4-6-16;/h7-8,11,16,18H,2-6,9-10,13-14H2,1H3,(H2,24,25,26);1H. The van der Waals surface area contributed by atoms with Crippen LogP contribution in [0, 0.1) is 23.1 Å². The van der Waals surface area contributed by atoms with Crippen molar-refractivity contribution in [3.05, 3.63) is 35.1 Å². The lowest BCUT2D eigenvalue weighted by Crippen LogP contribution is -2.45. The Morgan fingerprint density at radius 1 is 1.34 bits per heavy atom. The number of likely N-dealkylation sites (tertiary alicyclic amines) is 1. The van der Waals surface area contributed by atoms with Gasteiger partial charge in [-0.25, -0.2) is 9.38 Å². The summed E-state index contributed by atoms with van der Waals surface area (Å²) in [6.07, 6.45) is 5.25. The first kappa shape index (κ1) is 23.4. The largest absolute Gasteiger partial charge is 0.357 e. The Balaban J connectivity index is 0.00000300. The van der Waals surface area contributed by atoms with E-state index >= 15 is 0 Å². The molecule has 1 amide bonds. The molecule has 29 heavy (non-hydrogen) atoms. The van der Waals surface area contributed by atoms with Gasteiger partial charge in [0.1, 0.15) is 5.82 Å². The minimum absolute atomic E-state index is 0. The summed E-state index contributed by atoms with van der Waals surface area (Å²) in [7, 11) is 0. The number of nitrogens with one attached hydrogen (secondary N) is 2. The molecule has 2 fully saturated rings. The number of halogens is 2. The molecule has 0 aromatic heterocycles. The second kappa shape index (κ2) is 11.3. The first-order valence-electron chi connectivity index (χ1n) is 10.1. The molecule has 8 heteroatoms. The van der Waals surface area contributed by atoms with Gasteiger partial charge in [0.15, 0.2) is 5.96 Å². The highest BCUT2D eigenvalue weighted by Gasteiger charge is 2.32. The van der Waals surface area contributed by atoms with Crippen LogP contribution in [0.25, 0.3) is 0 Å². The fourth-order valence-electron chi connectivity index (χ4n) is 3.93. The van der Waals surface area contributed by atoms with E-state index in [9.17, 15) is 9.18 Å². The van der Waals surface area contributed by atoms with Gasteiger partial charge in [-0.05, 0) is 38.3 Å². The summed E-state index contributed by atoms with van der Waals surface area (Å²) in [4.78, 5) is 19.0. The average Bonchev–Trinajstić information content (AvgIpc) is 3.38. The molecular weight excluding hydrogens is 484 g/mol. The smallest absolute Gasteiger partial charge is 0.225 e. The Bertz CT molecular complexity index is 773. The monoisotopic (exact) mass is 513 g/mol. The van der Waals surface area contributed by atoms with Crippen molar-refractivity contribution in [2.45, 2.75) is 51.6 Å². The molecule has 2 N–H and O–H groups in total. The number of carbonyl (C=O) groups is 1. The van der Waals surface area contributed by atoms with Crippen LogP contribution in [0.15, 0.2) is 23.2 Å². The second-order valence-electron chi connectivity index (χ2n) is 7.51. The fourth-order valence-corrected chi connectivity index (χ4v) is 3.93. The highest BCUT2D eigenvalue weighted by atomic mass is 127. The topological polar surface area (TPSA) is 80.5 Å². The van der Waals surface area contributed by atoms with Gasteiger partial charge in [0, 0.05) is 37.2 Å². The number of amides is 1. The van der Waals surface area contributed by atoms with Gasteiger partial charge >= 0.3 is 0 Å². The number of aliphatic imine (C=N–C) groups is 1. The van der Waals surface area contributed by atoms with Crippen LogP contribution >= 0.6 is 24.0 Å². The number of rotatable bonds is 5. The van der Waals surface area contributed by atoms with E-state index in [0.717, 1.165) is 38.6 Å². The summed E-state index contributed by atoms with van der Waals surface area (Å²) >= 11 is 0. The zero-order valence-corrected chi connectivity index (χ0v) is 19.1. The predicted molar refractivity (Wildman–Crippen MR) is 121 cm³/mol. The lowest BCUT2D eigenvalue weighted by Gasteiger charge is -2.21. The van der Waals surface area contributed by atoms with Gasteiger partial charge in [0.25, 0.3) is 0 Å². The molecule has 1 aromatic carbocycles. The molecule has 1 heterocycles. The molecule has 1 atom stereocenters. The molecule has 0 bridgehead atoms. The maximum atomic E-state index is 14.1. The number of carbonyl (C=O) groups excluding carboxylic acids is 1. The van der Waals surface area contributed by atoms with E-state index in [-0.39, 0.29) is 42.5 Å². The summed E-state index contributed by atoms with van der Waals surface area (Å²) in [6.45, 7) is 4.31. The quantitative estimate of drug-likeness (QED) is 0.360. The van der Waals surface area contributed by atoms with E-state index < -0.39 is 5.82 Å². The SMILES string of the molecule is CCNC(=NCc1ccc(C#N)cc1F)NC1CCN(C(=O)C2CCCC2)C1.I. The van der Waals surface area contributed by atoms with Crippen LogP contribution in [-0.2, 0) is 11.3 Å². The highest BCUT2D eigenvalue weighted by molar-refractivity contribution is 14.0. The molecule has 1 saturated carbocycles. The summed E-state index contributed by atoms with van der Waals surface area (Å²) in [5, 5.41) is 15.4. The number of hydrogen-bond donors (Lipinski definition) is 2. The van der Waals surface area contributed by atoms with Gasteiger partial charge in [-0.1, -0.05) is 18.9 Å². The molecule has 3 rings (SSSR count). The Morgan fingerprint density at radius 3 is 2.76 bits per heavy atom. The van der Waals surface area contributed by atoms with Crippen LogP contribution in [0.2, 0.25) is 0 Å². The molecule has 1 aliphatic carbocycles. The maximum Gasteiger partial charge on any atom is 0.225 e. The zero-order chi connectivity index (χ0) is 19.9. The number of benzene rings is 1. The van der Waals surface area contributed by atoms with Gasteiger partial charge < -0.3 is 15.5 Å². The lowest BCUT2D eigenvalue weighted by molar-refractivity contribution is -0.134. The van der Waals surface area contributed by atoms with Gasteiger partial charge in [-0.3, -0.25) is 4.79 Å². The van der Waals surface area contributed by atoms with Crippen LogP contribution in [0.1, 0.15) is 50.2 Å². The molecular formula is C21H29FIN5O. The normalized spacial score (nSPS) is 19.6. The third-order valence-electron chi connectivity index (χ3n) is 5.48. The van der Waals surface area contributed by atoms with Crippen LogP contribution in [0.5, 0.6) is 0 Å². The zero-order valence-electron chi connectivity index (χ0n) is 16.8. The van der Waals surface area contributed by atoms with Crippen molar-refractivity contribution in [1.82, 2.24) is 15.5 Å². The third-order valence-corrected chi connectivity index (χ3v) is 5.48. The van der Waals surface area contributed by atoms with Crippen LogP contribution in [0.3, 0.4) is 0 Å². The second-order valence-corrected chi connectivity index (χ2v) is 7.51.